The Hall–Kier alpha value is -1.92. The van der Waals surface area contributed by atoms with Crippen LogP contribution in [0.4, 0.5) is 0 Å². The maximum atomic E-state index is 11.9. The van der Waals surface area contributed by atoms with E-state index in [1.165, 1.54) is 7.11 Å². The van der Waals surface area contributed by atoms with E-state index in [1.54, 1.807) is 20.8 Å². The lowest BCUT2D eigenvalue weighted by Crippen LogP contribution is -2.49. The Balaban J connectivity index is 2.61. The van der Waals surface area contributed by atoms with Crippen molar-refractivity contribution in [2.45, 2.75) is 44.9 Å². The van der Waals surface area contributed by atoms with Gasteiger partial charge in [0.1, 0.15) is 17.7 Å². The molecule has 1 rings (SSSR count). The number of nitrogens with two attached hydrogens (primary N) is 1. The van der Waals surface area contributed by atoms with Crippen molar-refractivity contribution >= 4 is 11.9 Å². The van der Waals surface area contributed by atoms with Gasteiger partial charge in [0.15, 0.2) is 0 Å². The standard InChI is InChI=1S/C17H26N2O4/c1-17(2,3)23-15(20)13(18)11-19-14(16(21)22-4)10-12-8-6-5-7-9-12/h5-9,13-14,19H,10-11,18H2,1-4H3/t13?,14-/m0/s1. The molecule has 1 unspecified atom stereocenters. The van der Waals surface area contributed by atoms with Crippen molar-refractivity contribution in [3.63, 3.8) is 0 Å². The van der Waals surface area contributed by atoms with Gasteiger partial charge in [0, 0.05) is 6.54 Å². The Labute approximate surface area is 137 Å². The third kappa shape index (κ3) is 7.25. The van der Waals surface area contributed by atoms with Gasteiger partial charge >= 0.3 is 11.9 Å². The second-order valence-corrected chi connectivity index (χ2v) is 6.31. The van der Waals surface area contributed by atoms with Crippen LogP contribution in [-0.4, -0.2) is 43.3 Å². The van der Waals surface area contributed by atoms with Crippen molar-refractivity contribution in [1.82, 2.24) is 5.32 Å². The first-order valence-corrected chi connectivity index (χ1v) is 7.56. The molecule has 128 valence electrons. The molecule has 23 heavy (non-hydrogen) atoms. The van der Waals surface area contributed by atoms with Crippen LogP contribution in [-0.2, 0) is 25.5 Å². The summed E-state index contributed by atoms with van der Waals surface area (Å²) in [5.74, 6) is -0.904. The number of benzene rings is 1. The summed E-state index contributed by atoms with van der Waals surface area (Å²) in [5, 5.41) is 2.98. The minimum atomic E-state index is -0.850. The molecule has 3 N–H and O–H groups in total. The molecule has 0 fully saturated rings. The van der Waals surface area contributed by atoms with Crippen LogP contribution in [0.5, 0.6) is 0 Å². The van der Waals surface area contributed by atoms with Crippen LogP contribution in [0.15, 0.2) is 30.3 Å². The Morgan fingerprint density at radius 2 is 1.78 bits per heavy atom. The Morgan fingerprint density at radius 3 is 2.30 bits per heavy atom. The number of hydrogen-bond donors (Lipinski definition) is 2. The summed E-state index contributed by atoms with van der Waals surface area (Å²) in [4.78, 5) is 23.8. The van der Waals surface area contributed by atoms with Gasteiger partial charge in [-0.3, -0.25) is 9.59 Å². The first-order valence-electron chi connectivity index (χ1n) is 7.56. The van der Waals surface area contributed by atoms with Crippen molar-refractivity contribution in [3.05, 3.63) is 35.9 Å². The molecule has 0 aromatic heterocycles. The lowest BCUT2D eigenvalue weighted by Gasteiger charge is -2.23. The SMILES string of the molecule is COC(=O)[C@H](Cc1ccccc1)NCC(N)C(=O)OC(C)(C)C. The van der Waals surface area contributed by atoms with Crippen LogP contribution < -0.4 is 11.1 Å². The molecule has 0 amide bonds. The van der Waals surface area contributed by atoms with Gasteiger partial charge in [-0.1, -0.05) is 30.3 Å². The highest BCUT2D eigenvalue weighted by Gasteiger charge is 2.25. The third-order valence-electron chi connectivity index (χ3n) is 3.06. The quantitative estimate of drug-likeness (QED) is 0.729. The van der Waals surface area contributed by atoms with E-state index in [4.69, 9.17) is 15.2 Å². The van der Waals surface area contributed by atoms with Gasteiger partial charge in [0.25, 0.3) is 0 Å². The third-order valence-corrected chi connectivity index (χ3v) is 3.06. The first kappa shape index (κ1) is 19.1. The fourth-order valence-corrected chi connectivity index (χ4v) is 1.96. The molecule has 6 nitrogen and oxygen atoms in total. The Kier molecular flexibility index (Phi) is 7.19. The van der Waals surface area contributed by atoms with Crippen molar-refractivity contribution in [3.8, 4) is 0 Å². The van der Waals surface area contributed by atoms with E-state index in [2.05, 4.69) is 5.32 Å². The largest absolute Gasteiger partial charge is 0.468 e. The maximum absolute atomic E-state index is 11.9. The van der Waals surface area contributed by atoms with Crippen molar-refractivity contribution in [2.75, 3.05) is 13.7 Å². The van der Waals surface area contributed by atoms with Crippen LogP contribution >= 0.6 is 0 Å². The maximum Gasteiger partial charge on any atom is 0.324 e. The molecule has 0 spiro atoms. The zero-order valence-electron chi connectivity index (χ0n) is 14.2. The zero-order chi connectivity index (χ0) is 17.5. The topological polar surface area (TPSA) is 90.6 Å². The Morgan fingerprint density at radius 1 is 1.17 bits per heavy atom. The highest BCUT2D eigenvalue weighted by Crippen LogP contribution is 2.08. The van der Waals surface area contributed by atoms with Crippen molar-refractivity contribution in [1.29, 1.82) is 0 Å². The van der Waals surface area contributed by atoms with E-state index in [0.29, 0.717) is 6.42 Å². The minimum absolute atomic E-state index is 0.127. The summed E-state index contributed by atoms with van der Waals surface area (Å²) < 4.78 is 10.0. The van der Waals surface area contributed by atoms with Gasteiger partial charge in [0.2, 0.25) is 0 Å². The summed E-state index contributed by atoms with van der Waals surface area (Å²) in [6.07, 6.45) is 0.453. The number of carbonyl (C=O) groups excluding carboxylic acids is 2. The zero-order valence-corrected chi connectivity index (χ0v) is 14.2. The molecule has 0 saturated heterocycles. The molecule has 0 saturated carbocycles. The van der Waals surface area contributed by atoms with Crippen LogP contribution in [0.25, 0.3) is 0 Å². The van der Waals surface area contributed by atoms with E-state index in [9.17, 15) is 9.59 Å². The van der Waals surface area contributed by atoms with Gasteiger partial charge in [-0.15, -0.1) is 0 Å². The van der Waals surface area contributed by atoms with E-state index < -0.39 is 29.6 Å². The molecule has 0 aliphatic rings. The van der Waals surface area contributed by atoms with E-state index >= 15 is 0 Å². The monoisotopic (exact) mass is 322 g/mol. The molecule has 0 aliphatic carbocycles. The highest BCUT2D eigenvalue weighted by molar-refractivity contribution is 5.77. The number of nitrogens with one attached hydrogen (secondary N) is 1. The van der Waals surface area contributed by atoms with Crippen molar-refractivity contribution < 1.29 is 19.1 Å². The van der Waals surface area contributed by atoms with Crippen LogP contribution in [0.3, 0.4) is 0 Å². The highest BCUT2D eigenvalue weighted by atomic mass is 16.6. The summed E-state index contributed by atoms with van der Waals surface area (Å²) in [7, 11) is 1.33. The number of carbonyl (C=O) groups is 2. The number of ether oxygens (including phenoxy) is 2. The molecule has 1 aromatic carbocycles. The van der Waals surface area contributed by atoms with Gasteiger partial charge in [-0.25, -0.2) is 0 Å². The molecular weight excluding hydrogens is 296 g/mol. The van der Waals surface area contributed by atoms with Gasteiger partial charge < -0.3 is 20.5 Å². The molecule has 6 heteroatoms. The van der Waals surface area contributed by atoms with E-state index in [1.807, 2.05) is 30.3 Å². The number of hydrogen-bond acceptors (Lipinski definition) is 6. The van der Waals surface area contributed by atoms with Gasteiger partial charge in [-0.05, 0) is 32.8 Å². The first-order chi connectivity index (χ1) is 10.7. The molecule has 0 aliphatic heterocycles. The predicted octanol–water partition coefficient (Wildman–Crippen LogP) is 1.03. The van der Waals surface area contributed by atoms with Crippen LogP contribution in [0, 0.1) is 0 Å². The molecule has 0 radical (unpaired) electrons. The molecule has 1 aromatic rings. The molecule has 0 heterocycles. The predicted molar refractivity (Wildman–Crippen MR) is 87.8 cm³/mol. The fourth-order valence-electron chi connectivity index (χ4n) is 1.96. The average Bonchev–Trinajstić information content (AvgIpc) is 2.49. The smallest absolute Gasteiger partial charge is 0.324 e. The van der Waals surface area contributed by atoms with E-state index in [-0.39, 0.29) is 6.54 Å². The Bertz CT molecular complexity index is 511. The number of methoxy groups -OCH3 is 1. The summed E-state index contributed by atoms with van der Waals surface area (Å²) >= 11 is 0. The van der Waals surface area contributed by atoms with Gasteiger partial charge in [0.05, 0.1) is 7.11 Å². The summed E-state index contributed by atoms with van der Waals surface area (Å²) in [6, 6.07) is 8.12. The molecule has 2 atom stereocenters. The van der Waals surface area contributed by atoms with Crippen LogP contribution in [0.2, 0.25) is 0 Å². The normalized spacial score (nSPS) is 14.0. The summed E-state index contributed by atoms with van der Waals surface area (Å²) in [6.45, 7) is 5.45. The number of rotatable bonds is 7. The lowest BCUT2D eigenvalue weighted by atomic mass is 10.1. The van der Waals surface area contributed by atoms with Crippen LogP contribution in [0.1, 0.15) is 26.3 Å². The van der Waals surface area contributed by atoms with E-state index in [0.717, 1.165) is 5.56 Å². The fraction of sp³-hybridized carbons (Fsp3) is 0.529. The molecular formula is C17H26N2O4. The second kappa shape index (κ2) is 8.64. The lowest BCUT2D eigenvalue weighted by molar-refractivity contribution is -0.156. The van der Waals surface area contributed by atoms with Gasteiger partial charge in [-0.2, -0.15) is 0 Å². The second-order valence-electron chi connectivity index (χ2n) is 6.31. The number of esters is 2. The summed E-state index contributed by atoms with van der Waals surface area (Å²) in [5.41, 5.74) is 6.21. The average molecular weight is 322 g/mol. The minimum Gasteiger partial charge on any atom is -0.468 e. The van der Waals surface area contributed by atoms with Crippen molar-refractivity contribution in [2.24, 2.45) is 5.73 Å². The molecule has 0 bridgehead atoms.